The van der Waals surface area contributed by atoms with E-state index in [0.717, 1.165) is 31.7 Å². The Hall–Kier alpha value is -2.46. The Balaban J connectivity index is 1.90. The molecule has 2 rings (SSSR count). The van der Waals surface area contributed by atoms with Gasteiger partial charge in [-0.05, 0) is 74.3 Å². The molecule has 0 aliphatic carbocycles. The maximum Gasteiger partial charge on any atom is 0.252 e. The highest BCUT2D eigenvalue weighted by Gasteiger charge is 2.25. The highest BCUT2D eigenvalue weighted by molar-refractivity contribution is 7.89. The van der Waals surface area contributed by atoms with Gasteiger partial charge in [0.15, 0.2) is 0 Å². The summed E-state index contributed by atoms with van der Waals surface area (Å²) in [4.78, 5) is 16.9. The lowest BCUT2D eigenvalue weighted by atomic mass is 10.1. The number of nitrogens with zero attached hydrogens (tertiary/aromatic N) is 3. The van der Waals surface area contributed by atoms with Crippen molar-refractivity contribution in [3.05, 3.63) is 53.1 Å². The number of amides is 1. The third-order valence-corrected chi connectivity index (χ3v) is 8.56. The van der Waals surface area contributed by atoms with Crippen LogP contribution in [0.15, 0.2) is 41.3 Å². The summed E-state index contributed by atoms with van der Waals surface area (Å²) in [5.74, 6) is 0.426. The van der Waals surface area contributed by atoms with Crippen molar-refractivity contribution in [1.29, 1.82) is 0 Å². The smallest absolute Gasteiger partial charge is 0.252 e. The van der Waals surface area contributed by atoms with E-state index in [-0.39, 0.29) is 30.6 Å². The summed E-state index contributed by atoms with van der Waals surface area (Å²) in [6.07, 6.45) is 0.919. The van der Waals surface area contributed by atoms with Crippen LogP contribution < -0.4 is 9.64 Å². The number of hydrogen-bond acceptors (Lipinski definition) is 6. The number of carbonyl (C=O) groups is 1. The third kappa shape index (κ3) is 7.77. The van der Waals surface area contributed by atoms with Crippen molar-refractivity contribution in [2.24, 2.45) is 0 Å². The maximum absolute atomic E-state index is 13.1. The summed E-state index contributed by atoms with van der Waals surface area (Å²) in [7, 11) is 1.08. The van der Waals surface area contributed by atoms with E-state index in [4.69, 9.17) is 9.47 Å². The van der Waals surface area contributed by atoms with Crippen molar-refractivity contribution >= 4 is 21.6 Å². The van der Waals surface area contributed by atoms with E-state index in [1.807, 2.05) is 18.2 Å². The summed E-state index contributed by atoms with van der Waals surface area (Å²) in [6, 6.07) is 11.4. The van der Waals surface area contributed by atoms with Crippen LogP contribution in [0.1, 0.15) is 30.5 Å². The molecule has 0 aliphatic rings. The molecular weight excluding hydrogens is 478 g/mol. The van der Waals surface area contributed by atoms with Gasteiger partial charge in [0.05, 0.1) is 18.6 Å². The molecule has 0 atom stereocenters. The highest BCUT2D eigenvalue weighted by Crippen LogP contribution is 2.27. The molecule has 200 valence electrons. The lowest BCUT2D eigenvalue weighted by Gasteiger charge is -2.21. The Labute approximate surface area is 216 Å². The van der Waals surface area contributed by atoms with Gasteiger partial charge in [0, 0.05) is 32.9 Å². The predicted molar refractivity (Wildman–Crippen MR) is 144 cm³/mol. The Bertz CT molecular complexity index is 1090. The van der Waals surface area contributed by atoms with Gasteiger partial charge < -0.3 is 19.3 Å². The Morgan fingerprint density at radius 3 is 2.19 bits per heavy atom. The maximum atomic E-state index is 13.1. The summed E-state index contributed by atoms with van der Waals surface area (Å²) < 4.78 is 38.3. The monoisotopic (exact) mass is 519 g/mol. The van der Waals surface area contributed by atoms with Gasteiger partial charge >= 0.3 is 0 Å². The molecule has 36 heavy (non-hydrogen) atoms. The van der Waals surface area contributed by atoms with Gasteiger partial charge in [0.25, 0.3) is 5.91 Å². The van der Waals surface area contributed by atoms with Gasteiger partial charge in [0.1, 0.15) is 12.4 Å². The molecule has 0 fully saturated rings. The van der Waals surface area contributed by atoms with E-state index >= 15 is 0 Å². The van der Waals surface area contributed by atoms with Crippen molar-refractivity contribution in [3.8, 4) is 5.75 Å². The van der Waals surface area contributed by atoms with E-state index in [9.17, 15) is 13.2 Å². The summed E-state index contributed by atoms with van der Waals surface area (Å²) in [6.45, 7) is 10.9. The minimum atomic E-state index is -3.71. The van der Waals surface area contributed by atoms with E-state index < -0.39 is 10.0 Å². The molecule has 0 saturated heterocycles. The second kappa shape index (κ2) is 13.7. The Kier molecular flexibility index (Phi) is 11.4. The minimum absolute atomic E-state index is 0.105. The number of carbonyl (C=O) groups excluding carboxylic acids is 1. The van der Waals surface area contributed by atoms with E-state index in [0.29, 0.717) is 16.9 Å². The average molecular weight is 520 g/mol. The van der Waals surface area contributed by atoms with Crippen LogP contribution in [0.4, 0.5) is 5.69 Å². The van der Waals surface area contributed by atoms with Crippen molar-refractivity contribution in [2.45, 2.75) is 39.0 Å². The number of ether oxygens (including phenoxy) is 2. The van der Waals surface area contributed by atoms with E-state index in [1.54, 1.807) is 45.0 Å². The first-order valence-electron chi connectivity index (χ1n) is 12.3. The standard InChI is InChI=1S/C27H41N3O5S/c1-8-30(9-2)14-13-23-11-10-12-24(19-23)29(6)26(31)20-35-16-15-28(5)36(32,33)27-21(3)17-25(34-7)18-22(27)4/h10-12,17-19H,8-9,13-16,20H2,1-7H3. The topological polar surface area (TPSA) is 79.4 Å². The molecule has 0 saturated carbocycles. The first-order chi connectivity index (χ1) is 17.0. The largest absolute Gasteiger partial charge is 0.497 e. The fourth-order valence-electron chi connectivity index (χ4n) is 4.05. The third-order valence-electron chi connectivity index (χ3n) is 6.40. The number of hydrogen-bond donors (Lipinski definition) is 0. The fraction of sp³-hybridized carbons (Fsp3) is 0.519. The molecule has 0 spiro atoms. The van der Waals surface area contributed by atoms with Crippen molar-refractivity contribution < 1.29 is 22.7 Å². The van der Waals surface area contributed by atoms with Crippen LogP contribution in [-0.4, -0.2) is 84.1 Å². The van der Waals surface area contributed by atoms with Crippen LogP contribution in [0.25, 0.3) is 0 Å². The number of sulfonamides is 1. The van der Waals surface area contributed by atoms with Gasteiger partial charge in [0.2, 0.25) is 10.0 Å². The molecule has 0 aliphatic heterocycles. The van der Waals surface area contributed by atoms with E-state index in [1.165, 1.54) is 16.9 Å². The van der Waals surface area contributed by atoms with Gasteiger partial charge in [-0.25, -0.2) is 8.42 Å². The lowest BCUT2D eigenvalue weighted by Crippen LogP contribution is -2.34. The SMILES string of the molecule is CCN(CC)CCc1cccc(N(C)C(=O)COCCN(C)S(=O)(=O)c2c(C)cc(OC)cc2C)c1. The van der Waals surface area contributed by atoms with Crippen LogP contribution in [-0.2, 0) is 26.0 Å². The van der Waals surface area contributed by atoms with Gasteiger partial charge in [-0.3, -0.25) is 4.79 Å². The predicted octanol–water partition coefficient (Wildman–Crippen LogP) is 3.50. The first kappa shape index (κ1) is 29.8. The van der Waals surface area contributed by atoms with Gasteiger partial charge in [-0.2, -0.15) is 4.31 Å². The minimum Gasteiger partial charge on any atom is -0.497 e. The van der Waals surface area contributed by atoms with Gasteiger partial charge in [-0.1, -0.05) is 26.0 Å². The molecule has 0 N–H and O–H groups in total. The number of aryl methyl sites for hydroxylation is 2. The zero-order chi connectivity index (χ0) is 26.9. The summed E-state index contributed by atoms with van der Waals surface area (Å²) in [5.41, 5.74) is 3.23. The number of benzene rings is 2. The number of methoxy groups -OCH3 is 1. The number of anilines is 1. The van der Waals surface area contributed by atoms with Crippen LogP contribution >= 0.6 is 0 Å². The van der Waals surface area contributed by atoms with Crippen LogP contribution in [0, 0.1) is 13.8 Å². The molecule has 0 heterocycles. The molecular formula is C27H41N3O5S. The fourth-order valence-corrected chi connectivity index (χ4v) is 5.61. The molecule has 1 amide bonds. The zero-order valence-electron chi connectivity index (χ0n) is 22.7. The number of rotatable bonds is 14. The van der Waals surface area contributed by atoms with Crippen LogP contribution in [0.3, 0.4) is 0 Å². The van der Waals surface area contributed by atoms with Crippen molar-refractivity contribution in [2.75, 3.05) is 65.5 Å². The van der Waals surface area contributed by atoms with Crippen LogP contribution in [0.5, 0.6) is 5.75 Å². The first-order valence-corrected chi connectivity index (χ1v) is 13.8. The molecule has 2 aromatic carbocycles. The molecule has 0 unspecified atom stereocenters. The molecule has 0 radical (unpaired) electrons. The number of likely N-dealkylation sites (N-methyl/N-ethyl adjacent to an activating group) is 3. The highest BCUT2D eigenvalue weighted by atomic mass is 32.2. The van der Waals surface area contributed by atoms with Crippen molar-refractivity contribution in [1.82, 2.24) is 9.21 Å². The average Bonchev–Trinajstić information content (AvgIpc) is 2.85. The zero-order valence-corrected chi connectivity index (χ0v) is 23.5. The second-order valence-corrected chi connectivity index (χ2v) is 10.9. The Morgan fingerprint density at radius 1 is 0.972 bits per heavy atom. The lowest BCUT2D eigenvalue weighted by molar-refractivity contribution is -0.122. The summed E-state index contributed by atoms with van der Waals surface area (Å²) in [5, 5.41) is 0. The second-order valence-electron chi connectivity index (χ2n) is 8.87. The van der Waals surface area contributed by atoms with Crippen molar-refractivity contribution in [3.63, 3.8) is 0 Å². The molecule has 0 aromatic heterocycles. The van der Waals surface area contributed by atoms with Crippen LogP contribution in [0.2, 0.25) is 0 Å². The Morgan fingerprint density at radius 2 is 1.61 bits per heavy atom. The van der Waals surface area contributed by atoms with E-state index in [2.05, 4.69) is 24.8 Å². The normalized spacial score (nSPS) is 11.8. The summed E-state index contributed by atoms with van der Waals surface area (Å²) >= 11 is 0. The molecule has 8 nitrogen and oxygen atoms in total. The molecule has 0 bridgehead atoms. The van der Waals surface area contributed by atoms with Gasteiger partial charge in [-0.15, -0.1) is 0 Å². The molecule has 9 heteroatoms. The molecule has 2 aromatic rings. The quantitative estimate of drug-likeness (QED) is 0.356.